The Labute approximate surface area is 108 Å². The Hall–Kier alpha value is -1.64. The molecule has 0 bridgehead atoms. The van der Waals surface area contributed by atoms with Crippen molar-refractivity contribution in [1.82, 2.24) is 10.1 Å². The summed E-state index contributed by atoms with van der Waals surface area (Å²) in [5.74, 6) is 1.15. The van der Waals surface area contributed by atoms with E-state index in [2.05, 4.69) is 37.8 Å². The minimum atomic E-state index is 0.188. The fourth-order valence-electron chi connectivity index (χ4n) is 2.35. The molecule has 2 aromatic heterocycles. The van der Waals surface area contributed by atoms with Crippen LogP contribution in [0.5, 0.6) is 0 Å². The number of rotatable bonds is 3. The van der Waals surface area contributed by atoms with Gasteiger partial charge in [-0.2, -0.15) is 0 Å². The van der Waals surface area contributed by atoms with Crippen LogP contribution in [0.2, 0.25) is 0 Å². The predicted octanol–water partition coefficient (Wildman–Crippen LogP) is 4.28. The van der Waals surface area contributed by atoms with Crippen molar-refractivity contribution in [3.05, 3.63) is 36.2 Å². The van der Waals surface area contributed by atoms with Crippen LogP contribution in [-0.2, 0) is 0 Å². The lowest BCUT2D eigenvalue weighted by molar-refractivity contribution is 0.294. The summed E-state index contributed by atoms with van der Waals surface area (Å²) in [6, 6.07) is 7.79. The van der Waals surface area contributed by atoms with Crippen molar-refractivity contribution < 1.29 is 4.52 Å². The van der Waals surface area contributed by atoms with Crippen LogP contribution >= 0.6 is 0 Å². The first-order valence-corrected chi connectivity index (χ1v) is 6.40. The Morgan fingerprint density at radius 2 is 2.06 bits per heavy atom. The molecule has 2 rings (SSSR count). The third kappa shape index (κ3) is 2.61. The molecule has 96 valence electrons. The summed E-state index contributed by atoms with van der Waals surface area (Å²) in [5, 5.41) is 4.22. The Kier molecular flexibility index (Phi) is 3.50. The van der Waals surface area contributed by atoms with Crippen molar-refractivity contribution in [2.75, 3.05) is 0 Å². The van der Waals surface area contributed by atoms with E-state index in [1.54, 1.807) is 6.20 Å². The molecule has 0 radical (unpaired) electrons. The van der Waals surface area contributed by atoms with Crippen LogP contribution < -0.4 is 0 Å². The van der Waals surface area contributed by atoms with Crippen LogP contribution in [0.25, 0.3) is 11.5 Å². The highest BCUT2D eigenvalue weighted by atomic mass is 16.5. The van der Waals surface area contributed by atoms with Gasteiger partial charge in [-0.25, -0.2) is 0 Å². The van der Waals surface area contributed by atoms with Gasteiger partial charge in [0, 0.05) is 18.2 Å². The minimum absolute atomic E-state index is 0.188. The van der Waals surface area contributed by atoms with Crippen molar-refractivity contribution in [1.29, 1.82) is 0 Å². The van der Waals surface area contributed by atoms with Crippen molar-refractivity contribution in [3.8, 4) is 11.5 Å². The van der Waals surface area contributed by atoms with Gasteiger partial charge >= 0.3 is 0 Å². The van der Waals surface area contributed by atoms with E-state index in [1.165, 1.54) is 0 Å². The van der Waals surface area contributed by atoms with E-state index in [1.807, 2.05) is 24.3 Å². The van der Waals surface area contributed by atoms with Crippen LogP contribution in [0.15, 0.2) is 35.0 Å². The average molecular weight is 244 g/mol. The molecule has 2 aromatic rings. The van der Waals surface area contributed by atoms with Crippen molar-refractivity contribution >= 4 is 0 Å². The zero-order chi connectivity index (χ0) is 13.2. The van der Waals surface area contributed by atoms with E-state index in [9.17, 15) is 0 Å². The first kappa shape index (κ1) is 12.8. The van der Waals surface area contributed by atoms with E-state index in [4.69, 9.17) is 4.52 Å². The molecule has 3 heteroatoms. The predicted molar refractivity (Wildman–Crippen MR) is 72.2 cm³/mol. The highest BCUT2D eigenvalue weighted by Crippen LogP contribution is 2.37. The highest BCUT2D eigenvalue weighted by Gasteiger charge is 2.27. The van der Waals surface area contributed by atoms with Gasteiger partial charge in [0.05, 0.1) is 5.69 Å². The van der Waals surface area contributed by atoms with Crippen molar-refractivity contribution in [3.63, 3.8) is 0 Å². The van der Waals surface area contributed by atoms with E-state index < -0.39 is 0 Å². The molecule has 1 atom stereocenters. The third-order valence-electron chi connectivity index (χ3n) is 3.26. The molecule has 0 spiro atoms. The lowest BCUT2D eigenvalue weighted by atomic mass is 9.77. The molecule has 0 saturated carbocycles. The molecule has 0 fully saturated rings. The van der Waals surface area contributed by atoms with E-state index in [0.717, 1.165) is 23.6 Å². The number of hydrogen-bond acceptors (Lipinski definition) is 3. The zero-order valence-electron chi connectivity index (χ0n) is 11.5. The lowest BCUT2D eigenvalue weighted by Gasteiger charge is -2.27. The van der Waals surface area contributed by atoms with E-state index >= 15 is 0 Å². The van der Waals surface area contributed by atoms with Crippen LogP contribution in [0, 0.1) is 5.41 Å². The van der Waals surface area contributed by atoms with Gasteiger partial charge in [0.2, 0.25) is 0 Å². The summed E-state index contributed by atoms with van der Waals surface area (Å²) in [7, 11) is 0. The van der Waals surface area contributed by atoms with Crippen LogP contribution in [0.4, 0.5) is 0 Å². The highest BCUT2D eigenvalue weighted by molar-refractivity contribution is 5.51. The first-order chi connectivity index (χ1) is 8.52. The van der Waals surface area contributed by atoms with Gasteiger partial charge in [0.15, 0.2) is 5.76 Å². The molecule has 0 saturated heterocycles. The minimum Gasteiger partial charge on any atom is -0.354 e. The van der Waals surface area contributed by atoms with Crippen LogP contribution in [0.3, 0.4) is 0 Å². The van der Waals surface area contributed by atoms with E-state index in [-0.39, 0.29) is 5.41 Å². The smallest absolute Gasteiger partial charge is 0.185 e. The molecular formula is C15H20N2O. The average Bonchev–Trinajstić information content (AvgIpc) is 2.78. The molecule has 0 aromatic carbocycles. The van der Waals surface area contributed by atoms with E-state index in [0.29, 0.717) is 5.92 Å². The second-order valence-corrected chi connectivity index (χ2v) is 5.66. The molecule has 0 aliphatic rings. The Morgan fingerprint density at radius 3 is 2.61 bits per heavy atom. The largest absolute Gasteiger partial charge is 0.354 e. The van der Waals surface area contributed by atoms with Gasteiger partial charge in [0.1, 0.15) is 5.69 Å². The summed E-state index contributed by atoms with van der Waals surface area (Å²) in [4.78, 5) is 4.28. The van der Waals surface area contributed by atoms with Crippen molar-refractivity contribution in [2.24, 2.45) is 5.41 Å². The topological polar surface area (TPSA) is 38.9 Å². The molecule has 18 heavy (non-hydrogen) atoms. The Bertz CT molecular complexity index is 497. The van der Waals surface area contributed by atoms with Crippen molar-refractivity contribution in [2.45, 2.75) is 40.0 Å². The summed E-state index contributed by atoms with van der Waals surface area (Å²) in [6.45, 7) is 8.88. The fraction of sp³-hybridized carbons (Fsp3) is 0.467. The van der Waals surface area contributed by atoms with Gasteiger partial charge in [-0.1, -0.05) is 38.9 Å². The SMILES string of the molecule is CC[C@@H](c1cc(-c2ccccn2)on1)C(C)(C)C. The van der Waals surface area contributed by atoms with Gasteiger partial charge in [-0.15, -0.1) is 0 Å². The van der Waals surface area contributed by atoms with Crippen LogP contribution in [0.1, 0.15) is 45.7 Å². The van der Waals surface area contributed by atoms with Crippen LogP contribution in [-0.4, -0.2) is 10.1 Å². The fourth-order valence-corrected chi connectivity index (χ4v) is 2.35. The molecule has 0 amide bonds. The molecule has 0 aliphatic heterocycles. The molecule has 2 heterocycles. The quantitative estimate of drug-likeness (QED) is 0.809. The number of aromatic nitrogens is 2. The maximum atomic E-state index is 5.42. The van der Waals surface area contributed by atoms with Gasteiger partial charge in [-0.3, -0.25) is 4.98 Å². The zero-order valence-corrected chi connectivity index (χ0v) is 11.5. The molecule has 0 unspecified atom stereocenters. The Balaban J connectivity index is 2.31. The van der Waals surface area contributed by atoms with Gasteiger partial charge in [-0.05, 0) is 24.0 Å². The molecule has 3 nitrogen and oxygen atoms in total. The second-order valence-electron chi connectivity index (χ2n) is 5.66. The first-order valence-electron chi connectivity index (χ1n) is 6.40. The summed E-state index contributed by atoms with van der Waals surface area (Å²) in [6.07, 6.45) is 2.82. The van der Waals surface area contributed by atoms with Gasteiger partial charge in [0.25, 0.3) is 0 Å². The number of nitrogens with zero attached hydrogens (tertiary/aromatic N) is 2. The van der Waals surface area contributed by atoms with Gasteiger partial charge < -0.3 is 4.52 Å². The maximum absolute atomic E-state index is 5.42. The molecule has 0 aliphatic carbocycles. The maximum Gasteiger partial charge on any atom is 0.185 e. The number of hydrogen-bond donors (Lipinski definition) is 0. The standard InChI is InChI=1S/C15H20N2O/c1-5-11(15(2,3)4)13-10-14(18-17-13)12-8-6-7-9-16-12/h6-11H,5H2,1-4H3/t11-/m0/s1. The number of pyridine rings is 1. The third-order valence-corrected chi connectivity index (χ3v) is 3.26. The summed E-state index contributed by atoms with van der Waals surface area (Å²) >= 11 is 0. The lowest BCUT2D eigenvalue weighted by Crippen LogP contribution is -2.17. The Morgan fingerprint density at radius 1 is 1.28 bits per heavy atom. The molecular weight excluding hydrogens is 224 g/mol. The molecule has 0 N–H and O–H groups in total. The normalized spacial score (nSPS) is 13.6. The second kappa shape index (κ2) is 4.92. The summed E-state index contributed by atoms with van der Waals surface area (Å²) < 4.78 is 5.42. The summed E-state index contributed by atoms with van der Waals surface area (Å²) in [5.41, 5.74) is 2.04. The monoisotopic (exact) mass is 244 g/mol.